The number of thiazole rings is 1. The molecule has 1 aromatic heterocycles. The normalized spacial score (nSPS) is 10.9. The Hall–Kier alpha value is -0.590. The van der Waals surface area contributed by atoms with E-state index in [-0.39, 0.29) is 11.8 Å². The molecular formula is C11H19N3OS2. The smallest absolute Gasteiger partial charge is 0.277 e. The summed E-state index contributed by atoms with van der Waals surface area (Å²) < 4.78 is 0. The maximum Gasteiger partial charge on any atom is 0.277 e. The Morgan fingerprint density at radius 2 is 2.29 bits per heavy atom. The number of rotatable bonds is 6. The summed E-state index contributed by atoms with van der Waals surface area (Å²) in [6.45, 7) is 6.22. The summed E-state index contributed by atoms with van der Waals surface area (Å²) in [5.74, 6) is 7.17. The van der Waals surface area contributed by atoms with Gasteiger partial charge in [-0.1, -0.05) is 20.8 Å². The largest absolute Gasteiger partial charge is 0.289 e. The summed E-state index contributed by atoms with van der Waals surface area (Å²) in [7, 11) is 0. The van der Waals surface area contributed by atoms with E-state index in [4.69, 9.17) is 5.84 Å². The lowest BCUT2D eigenvalue weighted by atomic mass is 10.1. The number of carbonyl (C=O) groups excluding carboxylic acids is 1. The van der Waals surface area contributed by atoms with Gasteiger partial charge in [-0.05, 0) is 18.1 Å². The Morgan fingerprint density at radius 3 is 2.82 bits per heavy atom. The lowest BCUT2D eigenvalue weighted by Gasteiger charge is -2.02. The molecule has 96 valence electrons. The number of nitrogens with two attached hydrogens (primary N) is 1. The average molecular weight is 273 g/mol. The molecule has 1 amide bonds. The van der Waals surface area contributed by atoms with E-state index in [9.17, 15) is 4.79 Å². The van der Waals surface area contributed by atoms with Crippen LogP contribution < -0.4 is 11.3 Å². The van der Waals surface area contributed by atoms with Gasteiger partial charge in [-0.3, -0.25) is 10.2 Å². The van der Waals surface area contributed by atoms with Gasteiger partial charge >= 0.3 is 0 Å². The molecule has 0 spiro atoms. The van der Waals surface area contributed by atoms with Crippen molar-refractivity contribution in [3.05, 3.63) is 15.6 Å². The van der Waals surface area contributed by atoms with Crippen molar-refractivity contribution < 1.29 is 4.79 Å². The van der Waals surface area contributed by atoms with E-state index < -0.39 is 0 Å². The predicted octanol–water partition coefficient (Wildman–Crippen LogP) is 2.51. The van der Waals surface area contributed by atoms with Gasteiger partial charge in [0.25, 0.3) is 5.91 Å². The summed E-state index contributed by atoms with van der Waals surface area (Å²) in [6, 6.07) is 0. The first-order valence-corrected chi connectivity index (χ1v) is 7.65. The highest BCUT2D eigenvalue weighted by Gasteiger charge is 2.19. The molecule has 0 aliphatic carbocycles. The highest BCUT2D eigenvalue weighted by molar-refractivity contribution is 7.98. The lowest BCUT2D eigenvalue weighted by Crippen LogP contribution is -2.30. The van der Waals surface area contributed by atoms with Gasteiger partial charge in [0.2, 0.25) is 0 Å². The molecule has 4 nitrogen and oxygen atoms in total. The van der Waals surface area contributed by atoms with Crippen LogP contribution in [-0.4, -0.2) is 16.6 Å². The molecule has 0 aliphatic heterocycles. The van der Waals surface area contributed by atoms with Crippen LogP contribution in [0.15, 0.2) is 0 Å². The molecule has 0 atom stereocenters. The molecule has 6 heteroatoms. The lowest BCUT2D eigenvalue weighted by molar-refractivity contribution is 0.0956. The Morgan fingerprint density at radius 1 is 1.59 bits per heavy atom. The summed E-state index contributed by atoms with van der Waals surface area (Å²) >= 11 is 3.29. The molecule has 0 radical (unpaired) electrons. The molecule has 0 aromatic carbocycles. The van der Waals surface area contributed by atoms with Crippen LogP contribution in [-0.2, 0) is 5.75 Å². The minimum atomic E-state index is -0.238. The third-order valence-corrected chi connectivity index (χ3v) is 4.58. The van der Waals surface area contributed by atoms with Gasteiger partial charge in [-0.25, -0.2) is 10.8 Å². The van der Waals surface area contributed by atoms with E-state index in [0.717, 1.165) is 28.6 Å². The van der Waals surface area contributed by atoms with Gasteiger partial charge < -0.3 is 0 Å². The summed E-state index contributed by atoms with van der Waals surface area (Å²) in [5.41, 5.74) is 3.03. The fraction of sp³-hybridized carbons (Fsp3) is 0.636. The molecule has 0 bridgehead atoms. The molecule has 0 unspecified atom stereocenters. The van der Waals surface area contributed by atoms with Crippen molar-refractivity contribution >= 4 is 29.0 Å². The quantitative estimate of drug-likeness (QED) is 0.362. The second kappa shape index (κ2) is 6.98. The second-order valence-corrected chi connectivity index (χ2v) is 6.19. The number of hydrogen-bond donors (Lipinski definition) is 2. The van der Waals surface area contributed by atoms with Crippen LogP contribution in [0.2, 0.25) is 0 Å². The van der Waals surface area contributed by atoms with Crippen LogP contribution in [0.1, 0.15) is 53.5 Å². The third kappa shape index (κ3) is 3.97. The van der Waals surface area contributed by atoms with E-state index in [0.29, 0.717) is 4.88 Å². The number of nitrogens with zero attached hydrogens (tertiary/aromatic N) is 1. The predicted molar refractivity (Wildman–Crippen MR) is 74.3 cm³/mol. The number of thioether (sulfide) groups is 1. The van der Waals surface area contributed by atoms with Crippen LogP contribution >= 0.6 is 23.1 Å². The van der Waals surface area contributed by atoms with E-state index >= 15 is 0 Å². The number of hydrazine groups is 1. The fourth-order valence-electron chi connectivity index (χ4n) is 1.36. The zero-order chi connectivity index (χ0) is 12.8. The molecule has 1 rings (SSSR count). The summed E-state index contributed by atoms with van der Waals surface area (Å²) in [6.07, 6.45) is 1.16. The SMILES string of the molecule is CCCSCc1nc(C(C)C)c(C(=O)NN)s1. The molecule has 3 N–H and O–H groups in total. The third-order valence-electron chi connectivity index (χ3n) is 2.16. The van der Waals surface area contributed by atoms with Crippen LogP contribution in [0.5, 0.6) is 0 Å². The van der Waals surface area contributed by atoms with Gasteiger partial charge in [-0.15, -0.1) is 11.3 Å². The molecular weight excluding hydrogens is 254 g/mol. The standard InChI is InChI=1S/C11H19N3OS2/c1-4-5-16-6-8-13-9(7(2)3)10(17-8)11(15)14-12/h7H,4-6,12H2,1-3H3,(H,14,15). The first kappa shape index (κ1) is 14.5. The van der Waals surface area contributed by atoms with Crippen LogP contribution in [0.25, 0.3) is 0 Å². The zero-order valence-electron chi connectivity index (χ0n) is 10.4. The van der Waals surface area contributed by atoms with Gasteiger partial charge in [0, 0.05) is 5.75 Å². The van der Waals surface area contributed by atoms with Crippen molar-refractivity contribution in [3.63, 3.8) is 0 Å². The van der Waals surface area contributed by atoms with Crippen molar-refractivity contribution in [1.82, 2.24) is 10.4 Å². The molecule has 17 heavy (non-hydrogen) atoms. The number of carbonyl (C=O) groups is 1. The van der Waals surface area contributed by atoms with Crippen LogP contribution in [0.3, 0.4) is 0 Å². The van der Waals surface area contributed by atoms with Crippen molar-refractivity contribution in [2.45, 2.75) is 38.9 Å². The highest BCUT2D eigenvalue weighted by atomic mass is 32.2. The van der Waals surface area contributed by atoms with Gasteiger partial charge in [-0.2, -0.15) is 11.8 Å². The van der Waals surface area contributed by atoms with Gasteiger partial charge in [0.15, 0.2) is 0 Å². The topological polar surface area (TPSA) is 68.0 Å². The number of nitrogens with one attached hydrogen (secondary N) is 1. The second-order valence-electron chi connectivity index (χ2n) is 4.00. The molecule has 1 aromatic rings. The Kier molecular flexibility index (Phi) is 5.94. The first-order valence-electron chi connectivity index (χ1n) is 5.68. The van der Waals surface area contributed by atoms with Gasteiger partial charge in [0.05, 0.1) is 5.69 Å². The molecule has 1 heterocycles. The summed E-state index contributed by atoms with van der Waals surface area (Å²) in [4.78, 5) is 16.8. The van der Waals surface area contributed by atoms with E-state index in [1.54, 1.807) is 0 Å². The van der Waals surface area contributed by atoms with E-state index in [1.807, 2.05) is 25.6 Å². The Balaban J connectivity index is 2.84. The highest BCUT2D eigenvalue weighted by Crippen LogP contribution is 2.27. The summed E-state index contributed by atoms with van der Waals surface area (Å²) in [5, 5.41) is 1.01. The number of nitrogen functional groups attached to an aromatic ring is 1. The molecule has 0 aliphatic rings. The first-order chi connectivity index (χ1) is 8.10. The van der Waals surface area contributed by atoms with Crippen LogP contribution in [0.4, 0.5) is 0 Å². The van der Waals surface area contributed by atoms with Crippen LogP contribution in [0, 0.1) is 0 Å². The van der Waals surface area contributed by atoms with Crippen molar-refractivity contribution in [3.8, 4) is 0 Å². The van der Waals surface area contributed by atoms with Gasteiger partial charge in [0.1, 0.15) is 9.88 Å². The zero-order valence-corrected chi connectivity index (χ0v) is 12.1. The monoisotopic (exact) mass is 273 g/mol. The molecule has 0 fully saturated rings. The van der Waals surface area contributed by atoms with Crippen molar-refractivity contribution in [1.29, 1.82) is 0 Å². The maximum atomic E-state index is 11.6. The number of aromatic nitrogens is 1. The van der Waals surface area contributed by atoms with Crippen molar-refractivity contribution in [2.75, 3.05) is 5.75 Å². The van der Waals surface area contributed by atoms with E-state index in [1.165, 1.54) is 11.3 Å². The minimum Gasteiger partial charge on any atom is -0.289 e. The number of hydrogen-bond acceptors (Lipinski definition) is 5. The number of amides is 1. The molecule has 0 saturated carbocycles. The Labute approximate surface area is 110 Å². The average Bonchev–Trinajstić information content (AvgIpc) is 2.73. The minimum absolute atomic E-state index is 0.238. The van der Waals surface area contributed by atoms with Crippen molar-refractivity contribution in [2.24, 2.45) is 5.84 Å². The fourth-order valence-corrected chi connectivity index (χ4v) is 3.44. The maximum absolute atomic E-state index is 11.6. The Bertz CT molecular complexity index is 377. The molecule has 0 saturated heterocycles. The van der Waals surface area contributed by atoms with E-state index in [2.05, 4.69) is 17.3 Å².